The van der Waals surface area contributed by atoms with Crippen molar-refractivity contribution in [1.82, 2.24) is 24.3 Å². The molecule has 0 saturated heterocycles. The van der Waals surface area contributed by atoms with E-state index in [0.29, 0.717) is 23.8 Å². The summed E-state index contributed by atoms with van der Waals surface area (Å²) in [6, 6.07) is 6.97. The van der Waals surface area contributed by atoms with Gasteiger partial charge >= 0.3 is 0 Å². The van der Waals surface area contributed by atoms with Gasteiger partial charge in [0.05, 0.1) is 5.75 Å². The van der Waals surface area contributed by atoms with E-state index in [-0.39, 0.29) is 5.78 Å². The van der Waals surface area contributed by atoms with Crippen LogP contribution >= 0.6 is 11.8 Å². The lowest BCUT2D eigenvalue weighted by molar-refractivity contribution is 0.102. The number of thioether (sulfide) groups is 1. The molecule has 32 heavy (non-hydrogen) atoms. The van der Waals surface area contributed by atoms with E-state index in [1.165, 1.54) is 49.6 Å². The highest BCUT2D eigenvalue weighted by molar-refractivity contribution is 7.99. The normalized spacial score (nSPS) is 21.1. The van der Waals surface area contributed by atoms with Crippen molar-refractivity contribution in [1.29, 1.82) is 0 Å². The maximum atomic E-state index is 13.2. The molecule has 3 aromatic heterocycles. The van der Waals surface area contributed by atoms with Gasteiger partial charge in [0.2, 0.25) is 0 Å². The molecule has 3 heterocycles. The SMILES string of the molecule is Cc1cc(C(=O)CSc2nnc(-c3cccnc3)n2[C@@H]2CCCC[C@H]2C)c(C)n1C1CC1. The summed E-state index contributed by atoms with van der Waals surface area (Å²) in [6.07, 6.45) is 10.9. The summed E-state index contributed by atoms with van der Waals surface area (Å²) < 4.78 is 4.62. The summed E-state index contributed by atoms with van der Waals surface area (Å²) in [6.45, 7) is 6.51. The number of carbonyl (C=O) groups is 1. The van der Waals surface area contributed by atoms with E-state index < -0.39 is 0 Å². The number of hydrogen-bond donors (Lipinski definition) is 0. The number of hydrogen-bond acceptors (Lipinski definition) is 5. The van der Waals surface area contributed by atoms with Crippen LogP contribution in [0.3, 0.4) is 0 Å². The molecule has 168 valence electrons. The summed E-state index contributed by atoms with van der Waals surface area (Å²) in [5.74, 6) is 1.96. The Morgan fingerprint density at radius 2 is 1.94 bits per heavy atom. The van der Waals surface area contributed by atoms with Crippen molar-refractivity contribution in [2.45, 2.75) is 76.5 Å². The zero-order chi connectivity index (χ0) is 22.2. The van der Waals surface area contributed by atoms with E-state index in [2.05, 4.69) is 51.2 Å². The Bertz CT molecular complexity index is 1120. The molecule has 0 unspecified atom stereocenters. The van der Waals surface area contributed by atoms with E-state index in [1.54, 1.807) is 6.20 Å². The molecule has 2 atom stereocenters. The topological polar surface area (TPSA) is 65.6 Å². The second-order valence-electron chi connectivity index (χ2n) is 9.34. The number of Topliss-reactive ketones (excluding diaryl/α,β-unsaturated/α-hetero) is 1. The van der Waals surface area contributed by atoms with Gasteiger partial charge in [-0.25, -0.2) is 0 Å². The van der Waals surface area contributed by atoms with Crippen molar-refractivity contribution in [2.24, 2.45) is 5.92 Å². The molecule has 2 saturated carbocycles. The molecule has 0 spiro atoms. The first-order chi connectivity index (χ1) is 15.5. The molecule has 2 aliphatic rings. The summed E-state index contributed by atoms with van der Waals surface area (Å²) >= 11 is 1.52. The molecule has 0 aromatic carbocycles. The predicted molar refractivity (Wildman–Crippen MR) is 127 cm³/mol. The molecule has 0 bridgehead atoms. The molecule has 6 nitrogen and oxygen atoms in total. The number of aryl methyl sites for hydroxylation is 1. The molecule has 3 aromatic rings. The number of rotatable bonds is 7. The summed E-state index contributed by atoms with van der Waals surface area (Å²) in [5, 5.41) is 9.93. The second-order valence-corrected chi connectivity index (χ2v) is 10.3. The quantitative estimate of drug-likeness (QED) is 0.336. The van der Waals surface area contributed by atoms with Gasteiger partial charge in [-0.2, -0.15) is 0 Å². The van der Waals surface area contributed by atoms with Gasteiger partial charge in [0.25, 0.3) is 0 Å². The highest BCUT2D eigenvalue weighted by Crippen LogP contribution is 2.40. The third-order valence-electron chi connectivity index (χ3n) is 7.01. The lowest BCUT2D eigenvalue weighted by atomic mass is 9.85. The van der Waals surface area contributed by atoms with Crippen LogP contribution in [0.4, 0.5) is 0 Å². The molecular weight excluding hydrogens is 418 g/mol. The van der Waals surface area contributed by atoms with Gasteiger partial charge in [0, 0.05) is 47.0 Å². The Morgan fingerprint density at radius 3 is 2.66 bits per heavy atom. The van der Waals surface area contributed by atoms with Gasteiger partial charge in [-0.05, 0) is 63.6 Å². The number of carbonyl (C=O) groups excluding carboxylic acids is 1. The van der Waals surface area contributed by atoms with Crippen molar-refractivity contribution < 1.29 is 4.79 Å². The summed E-state index contributed by atoms with van der Waals surface area (Å²) in [5.41, 5.74) is 4.13. The van der Waals surface area contributed by atoms with Crippen LogP contribution in [0.15, 0.2) is 35.7 Å². The monoisotopic (exact) mass is 449 g/mol. The fraction of sp³-hybridized carbons (Fsp3) is 0.520. The molecule has 0 radical (unpaired) electrons. The van der Waals surface area contributed by atoms with Gasteiger partial charge in [-0.1, -0.05) is 31.5 Å². The average Bonchev–Trinajstić information content (AvgIpc) is 3.47. The number of nitrogens with zero attached hydrogens (tertiary/aromatic N) is 5. The Labute approximate surface area is 193 Å². The minimum Gasteiger partial charge on any atom is -0.345 e. The minimum absolute atomic E-state index is 0.171. The van der Waals surface area contributed by atoms with Gasteiger partial charge in [0.1, 0.15) is 0 Å². The summed E-state index contributed by atoms with van der Waals surface area (Å²) in [4.78, 5) is 17.5. The maximum Gasteiger partial charge on any atom is 0.192 e. The Hall–Kier alpha value is -2.41. The van der Waals surface area contributed by atoms with Gasteiger partial charge in [0.15, 0.2) is 16.8 Å². The number of aromatic nitrogens is 5. The van der Waals surface area contributed by atoms with Gasteiger partial charge < -0.3 is 4.57 Å². The fourth-order valence-corrected chi connectivity index (χ4v) is 6.08. The maximum absolute atomic E-state index is 13.2. The van der Waals surface area contributed by atoms with Gasteiger partial charge in [-0.15, -0.1) is 10.2 Å². The van der Waals surface area contributed by atoms with Crippen molar-refractivity contribution in [3.8, 4) is 11.4 Å². The average molecular weight is 450 g/mol. The van der Waals surface area contributed by atoms with Crippen molar-refractivity contribution in [3.05, 3.63) is 47.5 Å². The van der Waals surface area contributed by atoms with Gasteiger partial charge in [-0.3, -0.25) is 14.3 Å². The molecule has 5 rings (SSSR count). The molecule has 2 aliphatic carbocycles. The first-order valence-corrected chi connectivity index (χ1v) is 12.7. The first kappa shape index (κ1) is 21.4. The van der Waals surface area contributed by atoms with Crippen LogP contribution in [0, 0.1) is 19.8 Å². The molecule has 2 fully saturated rings. The van der Waals surface area contributed by atoms with E-state index in [1.807, 2.05) is 18.3 Å². The number of pyridine rings is 1. The van der Waals surface area contributed by atoms with Crippen LogP contribution < -0.4 is 0 Å². The van der Waals surface area contributed by atoms with Crippen LogP contribution in [0.2, 0.25) is 0 Å². The number of ketones is 1. The van der Waals surface area contributed by atoms with Crippen LogP contribution in [-0.4, -0.2) is 35.9 Å². The third kappa shape index (κ3) is 4.03. The minimum atomic E-state index is 0.171. The third-order valence-corrected chi connectivity index (χ3v) is 7.95. The zero-order valence-electron chi connectivity index (χ0n) is 19.1. The molecule has 0 amide bonds. The molecule has 0 N–H and O–H groups in total. The standard InChI is InChI=1S/C25H31N5OS/c1-16-7-4-5-9-22(16)30-24(19-8-6-12-26-14-19)27-28-25(30)32-15-23(31)21-13-17(2)29(18(21)3)20-10-11-20/h6,8,12-14,16,20,22H,4-5,7,9-11,15H2,1-3H3/t16-,22-/m1/s1. The largest absolute Gasteiger partial charge is 0.345 e. The Balaban J connectivity index is 1.42. The molecule has 0 aliphatic heterocycles. The Kier molecular flexibility index (Phi) is 5.93. The zero-order valence-corrected chi connectivity index (χ0v) is 19.9. The smallest absolute Gasteiger partial charge is 0.192 e. The first-order valence-electron chi connectivity index (χ1n) is 11.7. The highest BCUT2D eigenvalue weighted by atomic mass is 32.2. The predicted octanol–water partition coefficient (Wildman–Crippen LogP) is 5.82. The van der Waals surface area contributed by atoms with Crippen molar-refractivity contribution in [3.63, 3.8) is 0 Å². The lowest BCUT2D eigenvalue weighted by Crippen LogP contribution is -2.22. The summed E-state index contributed by atoms with van der Waals surface area (Å²) in [7, 11) is 0. The van der Waals surface area contributed by atoms with E-state index in [4.69, 9.17) is 0 Å². The van der Waals surface area contributed by atoms with E-state index in [0.717, 1.165) is 34.2 Å². The van der Waals surface area contributed by atoms with E-state index in [9.17, 15) is 4.79 Å². The van der Waals surface area contributed by atoms with Crippen LogP contribution in [-0.2, 0) is 0 Å². The van der Waals surface area contributed by atoms with Crippen molar-refractivity contribution in [2.75, 3.05) is 5.75 Å². The lowest BCUT2D eigenvalue weighted by Gasteiger charge is -2.31. The van der Waals surface area contributed by atoms with Crippen LogP contribution in [0.5, 0.6) is 0 Å². The second kappa shape index (κ2) is 8.85. The van der Waals surface area contributed by atoms with E-state index >= 15 is 0 Å². The molecular formula is C25H31N5OS. The van der Waals surface area contributed by atoms with Crippen LogP contribution in [0.1, 0.15) is 79.3 Å². The fourth-order valence-electron chi connectivity index (χ4n) is 5.21. The molecule has 7 heteroatoms. The van der Waals surface area contributed by atoms with Crippen LogP contribution in [0.25, 0.3) is 11.4 Å². The van der Waals surface area contributed by atoms with Crippen molar-refractivity contribution >= 4 is 17.5 Å². The Morgan fingerprint density at radius 1 is 1.12 bits per heavy atom. The highest BCUT2D eigenvalue weighted by Gasteiger charge is 2.30.